The number of benzene rings is 1. The molecule has 0 atom stereocenters. The molecule has 0 fully saturated rings. The van der Waals surface area contributed by atoms with Crippen molar-refractivity contribution in [3.8, 4) is 11.5 Å². The zero-order chi connectivity index (χ0) is 10.6. The third-order valence-corrected chi connectivity index (χ3v) is 2.17. The van der Waals surface area contributed by atoms with Gasteiger partial charge in [-0.3, -0.25) is 0 Å². The molecule has 0 heterocycles. The van der Waals surface area contributed by atoms with Crippen LogP contribution in [0.25, 0.3) is 0 Å². The highest BCUT2D eigenvalue weighted by atomic mass is 35.5. The molecule has 0 bridgehead atoms. The van der Waals surface area contributed by atoms with Crippen LogP contribution in [0.15, 0.2) is 12.1 Å². The normalized spacial score (nSPS) is 9.86. The van der Waals surface area contributed by atoms with Crippen LogP contribution in [-0.2, 0) is 11.2 Å². The molecule has 0 aliphatic rings. The average Bonchev–Trinajstić information content (AvgIpc) is 2.20. The number of aromatic hydroxyl groups is 1. The second-order valence-electron chi connectivity index (χ2n) is 2.82. The number of carbonyl (C=O) groups is 1. The molecule has 1 aromatic carbocycles. The fourth-order valence-corrected chi connectivity index (χ4v) is 1.38. The Kier molecular flexibility index (Phi) is 3.77. The van der Waals surface area contributed by atoms with Gasteiger partial charge in [-0.15, -0.1) is 0 Å². The minimum Gasteiger partial charge on any atom is -0.506 e. The highest BCUT2D eigenvalue weighted by molar-refractivity contribution is 6.32. The van der Waals surface area contributed by atoms with E-state index in [1.54, 1.807) is 6.07 Å². The third-order valence-electron chi connectivity index (χ3n) is 1.88. The lowest BCUT2D eigenvalue weighted by Crippen LogP contribution is -1.90. The molecule has 1 N–H and O–H groups in total. The lowest BCUT2D eigenvalue weighted by atomic mass is 10.1. The van der Waals surface area contributed by atoms with Crippen LogP contribution in [0, 0.1) is 0 Å². The minimum atomic E-state index is 0.0225. The predicted molar refractivity (Wildman–Crippen MR) is 54.1 cm³/mol. The van der Waals surface area contributed by atoms with Gasteiger partial charge in [-0.05, 0) is 18.1 Å². The van der Waals surface area contributed by atoms with Crippen LogP contribution in [0.3, 0.4) is 0 Å². The summed E-state index contributed by atoms with van der Waals surface area (Å²) >= 11 is 5.76. The summed E-state index contributed by atoms with van der Waals surface area (Å²) in [5.74, 6) is 0.600. The minimum absolute atomic E-state index is 0.0225. The molecule has 0 aliphatic heterocycles. The molecule has 76 valence electrons. The van der Waals surface area contributed by atoms with Gasteiger partial charge in [0.1, 0.15) is 17.8 Å². The van der Waals surface area contributed by atoms with Crippen LogP contribution < -0.4 is 4.74 Å². The van der Waals surface area contributed by atoms with E-state index in [1.807, 2.05) is 0 Å². The first-order valence-corrected chi connectivity index (χ1v) is 4.56. The number of hydrogen-bond acceptors (Lipinski definition) is 3. The summed E-state index contributed by atoms with van der Waals surface area (Å²) in [5.41, 5.74) is 0.626. The average molecular weight is 215 g/mol. The molecule has 0 aromatic heterocycles. The van der Waals surface area contributed by atoms with Crippen molar-refractivity contribution in [2.45, 2.75) is 12.8 Å². The molecule has 0 amide bonds. The zero-order valence-corrected chi connectivity index (χ0v) is 8.54. The van der Waals surface area contributed by atoms with Crippen molar-refractivity contribution < 1.29 is 14.6 Å². The second-order valence-corrected chi connectivity index (χ2v) is 3.23. The summed E-state index contributed by atoms with van der Waals surface area (Å²) in [4.78, 5) is 10.2. The van der Waals surface area contributed by atoms with Gasteiger partial charge in [0.25, 0.3) is 0 Å². The number of phenolic OH excluding ortho intramolecular Hbond substituents is 1. The molecular formula is C10H11ClO3. The molecule has 0 saturated carbocycles. The van der Waals surface area contributed by atoms with Crippen molar-refractivity contribution in [2.24, 2.45) is 0 Å². The van der Waals surface area contributed by atoms with E-state index in [4.69, 9.17) is 16.3 Å². The van der Waals surface area contributed by atoms with Gasteiger partial charge in [0.2, 0.25) is 0 Å². The first kappa shape index (κ1) is 10.9. The Labute approximate surface area is 87.3 Å². The van der Waals surface area contributed by atoms with E-state index in [9.17, 15) is 9.90 Å². The van der Waals surface area contributed by atoms with Crippen LogP contribution in [0.2, 0.25) is 5.02 Å². The second kappa shape index (κ2) is 4.86. The highest BCUT2D eigenvalue weighted by Gasteiger charge is 2.08. The van der Waals surface area contributed by atoms with Crippen molar-refractivity contribution in [3.63, 3.8) is 0 Å². The highest BCUT2D eigenvalue weighted by Crippen LogP contribution is 2.32. The molecule has 14 heavy (non-hydrogen) atoms. The summed E-state index contributed by atoms with van der Waals surface area (Å²) in [6.45, 7) is 0. The Morgan fingerprint density at radius 3 is 2.86 bits per heavy atom. The summed E-state index contributed by atoms with van der Waals surface area (Å²) < 4.78 is 4.99. The Balaban J connectivity index is 3.00. The number of aldehydes is 1. The van der Waals surface area contributed by atoms with Gasteiger partial charge in [-0.1, -0.05) is 11.6 Å². The Hall–Kier alpha value is -1.22. The van der Waals surface area contributed by atoms with Crippen LogP contribution in [-0.4, -0.2) is 18.5 Å². The molecule has 0 unspecified atom stereocenters. The van der Waals surface area contributed by atoms with Crippen molar-refractivity contribution in [3.05, 3.63) is 22.7 Å². The number of hydrogen-bond donors (Lipinski definition) is 1. The van der Waals surface area contributed by atoms with Gasteiger partial charge in [-0.25, -0.2) is 0 Å². The maximum atomic E-state index is 10.2. The topological polar surface area (TPSA) is 46.5 Å². The number of ether oxygens (including phenoxy) is 1. The molecule has 4 heteroatoms. The maximum Gasteiger partial charge on any atom is 0.137 e. The third kappa shape index (κ3) is 2.39. The van der Waals surface area contributed by atoms with E-state index in [2.05, 4.69) is 0 Å². The van der Waals surface area contributed by atoms with Crippen molar-refractivity contribution >= 4 is 17.9 Å². The van der Waals surface area contributed by atoms with E-state index >= 15 is 0 Å². The number of aryl methyl sites for hydroxylation is 1. The zero-order valence-electron chi connectivity index (χ0n) is 7.79. The standard InChI is InChI=1S/C10H11ClO3/c1-14-8-5-7(3-2-4-12)10(13)9(11)6-8/h4-6,13H,2-3H2,1H3. The number of methoxy groups -OCH3 is 1. The van der Waals surface area contributed by atoms with Gasteiger partial charge in [-0.2, -0.15) is 0 Å². The molecule has 0 spiro atoms. The smallest absolute Gasteiger partial charge is 0.137 e. The van der Waals surface area contributed by atoms with E-state index in [0.717, 1.165) is 6.29 Å². The number of rotatable bonds is 4. The summed E-state index contributed by atoms with van der Waals surface area (Å²) in [6.07, 6.45) is 1.62. The molecule has 1 aromatic rings. The largest absolute Gasteiger partial charge is 0.506 e. The Bertz CT molecular complexity index is 336. The van der Waals surface area contributed by atoms with Crippen LogP contribution in [0.1, 0.15) is 12.0 Å². The molecular weight excluding hydrogens is 204 g/mol. The summed E-state index contributed by atoms with van der Waals surface area (Å²) in [7, 11) is 1.52. The molecule has 3 nitrogen and oxygen atoms in total. The quantitative estimate of drug-likeness (QED) is 0.782. The maximum absolute atomic E-state index is 10.2. The fourth-order valence-electron chi connectivity index (χ4n) is 1.15. The fraction of sp³-hybridized carbons (Fsp3) is 0.300. The molecule has 1 rings (SSSR count). The predicted octanol–water partition coefficient (Wildman–Crippen LogP) is 2.19. The van der Waals surface area contributed by atoms with E-state index in [1.165, 1.54) is 13.2 Å². The van der Waals surface area contributed by atoms with Crippen LogP contribution >= 0.6 is 11.6 Å². The van der Waals surface area contributed by atoms with Gasteiger partial charge < -0.3 is 14.6 Å². The summed E-state index contributed by atoms with van der Waals surface area (Å²) in [6, 6.07) is 3.20. The lowest BCUT2D eigenvalue weighted by molar-refractivity contribution is -0.107. The van der Waals surface area contributed by atoms with Crippen LogP contribution in [0.4, 0.5) is 0 Å². The van der Waals surface area contributed by atoms with Gasteiger partial charge in [0, 0.05) is 12.5 Å². The monoisotopic (exact) mass is 214 g/mol. The van der Waals surface area contributed by atoms with Crippen LogP contribution in [0.5, 0.6) is 11.5 Å². The SMILES string of the molecule is COc1cc(Cl)c(O)c(CCC=O)c1. The molecule has 0 aliphatic carbocycles. The van der Waals surface area contributed by atoms with Crippen molar-refractivity contribution in [1.82, 2.24) is 0 Å². The van der Waals surface area contributed by atoms with Gasteiger partial charge >= 0.3 is 0 Å². The number of carbonyl (C=O) groups excluding carboxylic acids is 1. The molecule has 0 radical (unpaired) electrons. The van der Waals surface area contributed by atoms with Gasteiger partial charge in [0.05, 0.1) is 12.1 Å². The Morgan fingerprint density at radius 2 is 2.29 bits per heavy atom. The number of phenols is 1. The van der Waals surface area contributed by atoms with Crippen molar-refractivity contribution in [2.75, 3.05) is 7.11 Å². The van der Waals surface area contributed by atoms with E-state index < -0.39 is 0 Å². The van der Waals surface area contributed by atoms with Crippen molar-refractivity contribution in [1.29, 1.82) is 0 Å². The summed E-state index contributed by atoms with van der Waals surface area (Å²) in [5, 5.41) is 9.78. The van der Waals surface area contributed by atoms with Gasteiger partial charge in [0.15, 0.2) is 0 Å². The first-order valence-electron chi connectivity index (χ1n) is 4.18. The van der Waals surface area contributed by atoms with E-state index in [0.29, 0.717) is 24.2 Å². The first-order chi connectivity index (χ1) is 6.69. The Morgan fingerprint density at radius 1 is 1.57 bits per heavy atom. The molecule has 0 saturated heterocycles. The number of halogens is 1. The van der Waals surface area contributed by atoms with E-state index in [-0.39, 0.29) is 10.8 Å². The lowest BCUT2D eigenvalue weighted by Gasteiger charge is -2.07.